The van der Waals surface area contributed by atoms with Crippen LogP contribution in [0.4, 0.5) is 4.79 Å². The summed E-state index contributed by atoms with van der Waals surface area (Å²) in [5.41, 5.74) is 0. The summed E-state index contributed by atoms with van der Waals surface area (Å²) < 4.78 is 30.4. The average Bonchev–Trinajstić information content (AvgIpc) is 2.54. The van der Waals surface area contributed by atoms with Crippen LogP contribution in [0.2, 0.25) is 0 Å². The minimum atomic E-state index is -3.67. The largest absolute Gasteiger partial charge is 0.449 e. The summed E-state index contributed by atoms with van der Waals surface area (Å²) >= 11 is 0. The van der Waals surface area contributed by atoms with E-state index in [0.29, 0.717) is 13.1 Å². The Morgan fingerprint density at radius 3 is 2.50 bits per heavy atom. The molecule has 82 valence electrons. The fourth-order valence-corrected chi connectivity index (χ4v) is 2.40. The number of amides is 1. The van der Waals surface area contributed by atoms with Crippen LogP contribution in [-0.4, -0.2) is 38.5 Å². The Morgan fingerprint density at radius 1 is 1.43 bits per heavy atom. The van der Waals surface area contributed by atoms with Gasteiger partial charge in [0.15, 0.2) is 0 Å². The number of nitrogens with one attached hydrogen (secondary N) is 1. The second-order valence-electron chi connectivity index (χ2n) is 2.93. The molecule has 0 spiro atoms. The first-order valence-corrected chi connectivity index (χ1v) is 5.95. The predicted molar refractivity (Wildman–Crippen MR) is 49.9 cm³/mol. The first-order valence-electron chi connectivity index (χ1n) is 4.51. The number of hydrogen-bond acceptors (Lipinski definition) is 4. The van der Waals surface area contributed by atoms with Gasteiger partial charge in [0.05, 0.1) is 6.61 Å². The minimum Gasteiger partial charge on any atom is -0.449 e. The Morgan fingerprint density at radius 2 is 2.00 bits per heavy atom. The molecule has 0 aliphatic carbocycles. The molecular weight excluding hydrogens is 208 g/mol. The van der Waals surface area contributed by atoms with Gasteiger partial charge in [0, 0.05) is 13.1 Å². The van der Waals surface area contributed by atoms with Crippen molar-refractivity contribution in [3.05, 3.63) is 0 Å². The molecule has 0 unspecified atom stereocenters. The van der Waals surface area contributed by atoms with Gasteiger partial charge in [-0.3, -0.25) is 0 Å². The number of hydrogen-bond donors (Lipinski definition) is 1. The van der Waals surface area contributed by atoms with E-state index in [-0.39, 0.29) is 6.61 Å². The van der Waals surface area contributed by atoms with Gasteiger partial charge in [-0.2, -0.15) is 12.7 Å². The van der Waals surface area contributed by atoms with Gasteiger partial charge in [0.25, 0.3) is 0 Å². The summed E-state index contributed by atoms with van der Waals surface area (Å²) in [4.78, 5) is 10.9. The lowest BCUT2D eigenvalue weighted by molar-refractivity contribution is 0.158. The second kappa shape index (κ2) is 4.61. The molecular formula is C7H14N2O4S. The summed E-state index contributed by atoms with van der Waals surface area (Å²) in [6, 6.07) is 0. The van der Waals surface area contributed by atoms with E-state index in [2.05, 4.69) is 4.74 Å². The van der Waals surface area contributed by atoms with Crippen LogP contribution >= 0.6 is 0 Å². The van der Waals surface area contributed by atoms with Crippen LogP contribution in [-0.2, 0) is 14.9 Å². The average molecular weight is 222 g/mol. The van der Waals surface area contributed by atoms with Gasteiger partial charge in [-0.25, -0.2) is 9.52 Å². The van der Waals surface area contributed by atoms with E-state index in [4.69, 9.17) is 0 Å². The molecule has 1 N–H and O–H groups in total. The van der Waals surface area contributed by atoms with Crippen molar-refractivity contribution in [3.8, 4) is 0 Å². The second-order valence-corrected chi connectivity index (χ2v) is 4.60. The number of nitrogens with zero attached hydrogens (tertiary/aromatic N) is 1. The smallest absolute Gasteiger partial charge is 0.421 e. The molecule has 1 aliphatic rings. The van der Waals surface area contributed by atoms with Crippen molar-refractivity contribution in [1.29, 1.82) is 0 Å². The van der Waals surface area contributed by atoms with Crippen molar-refractivity contribution in [3.63, 3.8) is 0 Å². The standard InChI is InChI=1S/C7H14N2O4S/c1-2-13-7(10)8-14(11,12)9-5-3-4-6-9/h2-6H2,1H3,(H,8,10). The Kier molecular flexibility index (Phi) is 3.70. The van der Waals surface area contributed by atoms with Crippen molar-refractivity contribution in [2.75, 3.05) is 19.7 Å². The fourth-order valence-electron chi connectivity index (χ4n) is 1.26. The van der Waals surface area contributed by atoms with Crippen LogP contribution in [0.25, 0.3) is 0 Å². The van der Waals surface area contributed by atoms with Gasteiger partial charge in [-0.05, 0) is 19.8 Å². The van der Waals surface area contributed by atoms with E-state index < -0.39 is 16.3 Å². The van der Waals surface area contributed by atoms with Gasteiger partial charge in [-0.15, -0.1) is 0 Å². The van der Waals surface area contributed by atoms with Crippen molar-refractivity contribution in [2.45, 2.75) is 19.8 Å². The molecule has 1 fully saturated rings. The number of carbonyl (C=O) groups is 1. The van der Waals surface area contributed by atoms with Gasteiger partial charge >= 0.3 is 16.3 Å². The van der Waals surface area contributed by atoms with Crippen molar-refractivity contribution < 1.29 is 17.9 Å². The molecule has 0 aromatic carbocycles. The highest BCUT2D eigenvalue weighted by molar-refractivity contribution is 7.87. The fraction of sp³-hybridized carbons (Fsp3) is 0.857. The van der Waals surface area contributed by atoms with E-state index in [1.807, 2.05) is 4.72 Å². The highest BCUT2D eigenvalue weighted by Gasteiger charge is 2.27. The molecule has 1 amide bonds. The molecule has 0 bridgehead atoms. The zero-order valence-corrected chi connectivity index (χ0v) is 8.84. The molecule has 1 aliphatic heterocycles. The van der Waals surface area contributed by atoms with Crippen LogP contribution in [0.1, 0.15) is 19.8 Å². The zero-order chi connectivity index (χ0) is 10.6. The lowest BCUT2D eigenvalue weighted by Crippen LogP contribution is -2.42. The quantitative estimate of drug-likeness (QED) is 0.733. The van der Waals surface area contributed by atoms with Crippen molar-refractivity contribution >= 4 is 16.3 Å². The summed E-state index contributed by atoms with van der Waals surface area (Å²) in [7, 11) is -3.67. The Balaban J connectivity index is 2.52. The number of ether oxygens (including phenoxy) is 1. The molecule has 0 radical (unpaired) electrons. The maximum absolute atomic E-state index is 11.4. The number of carbonyl (C=O) groups excluding carboxylic acids is 1. The predicted octanol–water partition coefficient (Wildman–Crippen LogP) is 0.0731. The molecule has 0 aromatic rings. The van der Waals surface area contributed by atoms with Crippen LogP contribution in [0, 0.1) is 0 Å². The van der Waals surface area contributed by atoms with E-state index in [1.165, 1.54) is 4.31 Å². The van der Waals surface area contributed by atoms with Gasteiger partial charge < -0.3 is 4.74 Å². The third-order valence-corrected chi connectivity index (χ3v) is 3.36. The highest BCUT2D eigenvalue weighted by Crippen LogP contribution is 2.10. The maximum Gasteiger partial charge on any atom is 0.421 e. The van der Waals surface area contributed by atoms with Crippen LogP contribution < -0.4 is 4.72 Å². The van der Waals surface area contributed by atoms with E-state index in [9.17, 15) is 13.2 Å². The van der Waals surface area contributed by atoms with E-state index in [1.54, 1.807) is 6.92 Å². The Bertz CT molecular complexity index is 295. The molecule has 0 saturated carbocycles. The number of rotatable bonds is 3. The SMILES string of the molecule is CCOC(=O)NS(=O)(=O)N1CCCC1. The van der Waals surface area contributed by atoms with Crippen LogP contribution in [0.5, 0.6) is 0 Å². The first-order chi connectivity index (χ1) is 6.56. The minimum absolute atomic E-state index is 0.154. The zero-order valence-electron chi connectivity index (χ0n) is 8.02. The molecule has 0 atom stereocenters. The van der Waals surface area contributed by atoms with Crippen LogP contribution in [0.15, 0.2) is 0 Å². The monoisotopic (exact) mass is 222 g/mol. The van der Waals surface area contributed by atoms with Crippen LogP contribution in [0.3, 0.4) is 0 Å². The molecule has 1 rings (SSSR count). The van der Waals surface area contributed by atoms with Gasteiger partial charge in [0.1, 0.15) is 0 Å². The molecule has 1 heterocycles. The molecule has 1 saturated heterocycles. The third-order valence-electron chi connectivity index (χ3n) is 1.89. The van der Waals surface area contributed by atoms with Gasteiger partial charge in [0.2, 0.25) is 0 Å². The molecule has 0 aromatic heterocycles. The summed E-state index contributed by atoms with van der Waals surface area (Å²) in [5, 5.41) is 0. The van der Waals surface area contributed by atoms with E-state index in [0.717, 1.165) is 12.8 Å². The summed E-state index contributed by atoms with van der Waals surface area (Å²) in [6.07, 6.45) is 0.757. The first kappa shape index (κ1) is 11.3. The lowest BCUT2D eigenvalue weighted by Gasteiger charge is -2.15. The molecule has 7 heteroatoms. The van der Waals surface area contributed by atoms with E-state index >= 15 is 0 Å². The molecule has 6 nitrogen and oxygen atoms in total. The maximum atomic E-state index is 11.4. The highest BCUT2D eigenvalue weighted by atomic mass is 32.2. The Hall–Kier alpha value is -0.820. The summed E-state index contributed by atoms with van der Waals surface area (Å²) in [6.45, 7) is 2.70. The topological polar surface area (TPSA) is 75.7 Å². The normalized spacial score (nSPS) is 18.1. The lowest BCUT2D eigenvalue weighted by atomic mass is 10.4. The van der Waals surface area contributed by atoms with Gasteiger partial charge in [-0.1, -0.05) is 0 Å². The van der Waals surface area contributed by atoms with Crippen molar-refractivity contribution in [1.82, 2.24) is 9.03 Å². The van der Waals surface area contributed by atoms with Crippen molar-refractivity contribution in [2.24, 2.45) is 0 Å². The third kappa shape index (κ3) is 2.85. The summed E-state index contributed by atoms with van der Waals surface area (Å²) in [5.74, 6) is 0. The molecule has 14 heavy (non-hydrogen) atoms. The Labute approximate surface area is 83.4 Å².